The van der Waals surface area contributed by atoms with E-state index in [4.69, 9.17) is 28.2 Å². The Hall–Kier alpha value is -3.23. The predicted molar refractivity (Wildman–Crippen MR) is 126 cm³/mol. The highest BCUT2D eigenvalue weighted by Gasteiger charge is 2.27. The lowest BCUT2D eigenvalue weighted by Gasteiger charge is -2.31. The number of likely N-dealkylation sites (tertiary alicyclic amines) is 1. The normalized spacial score (nSPS) is 14.7. The van der Waals surface area contributed by atoms with E-state index in [-0.39, 0.29) is 29.4 Å². The topological polar surface area (TPSA) is 96.8 Å². The van der Waals surface area contributed by atoms with Crippen LogP contribution in [0.25, 0.3) is 11.2 Å². The number of fused-ring (bicyclic) bond motifs is 1. The van der Waals surface area contributed by atoms with Gasteiger partial charge in [-0.05, 0) is 37.1 Å². The maximum atomic E-state index is 12.7. The van der Waals surface area contributed by atoms with Gasteiger partial charge in [-0.3, -0.25) is 9.59 Å². The Morgan fingerprint density at radius 3 is 2.42 bits per heavy atom. The molecule has 1 aliphatic heterocycles. The zero-order valence-electron chi connectivity index (χ0n) is 17.5. The summed E-state index contributed by atoms with van der Waals surface area (Å²) < 4.78 is 1.54. The Bertz CT molecular complexity index is 1360. The summed E-state index contributed by atoms with van der Waals surface area (Å²) in [6, 6.07) is 14.5. The number of halogens is 2. The first kappa shape index (κ1) is 21.6. The molecule has 0 bridgehead atoms. The third-order valence-electron chi connectivity index (χ3n) is 5.95. The van der Waals surface area contributed by atoms with Crippen molar-refractivity contribution in [2.75, 3.05) is 13.1 Å². The number of benzene rings is 2. The predicted octanol–water partition coefficient (Wildman–Crippen LogP) is 3.89. The third kappa shape index (κ3) is 4.24. The molecule has 1 fully saturated rings. The van der Waals surface area contributed by atoms with Crippen LogP contribution in [0.3, 0.4) is 0 Å². The lowest BCUT2D eigenvalue weighted by Crippen LogP contribution is -2.38. The fraction of sp³-hybridized carbons (Fsp3) is 0.261. The molecule has 33 heavy (non-hydrogen) atoms. The summed E-state index contributed by atoms with van der Waals surface area (Å²) in [5.74, 6) is 0.618. The van der Waals surface area contributed by atoms with Crippen LogP contribution in [0, 0.1) is 0 Å². The molecule has 4 aromatic rings. The molecule has 8 nitrogen and oxygen atoms in total. The van der Waals surface area contributed by atoms with Gasteiger partial charge in [0.15, 0.2) is 11.2 Å². The van der Waals surface area contributed by atoms with Gasteiger partial charge in [0.25, 0.3) is 11.5 Å². The summed E-state index contributed by atoms with van der Waals surface area (Å²) in [7, 11) is 0. The molecule has 10 heteroatoms. The molecule has 0 atom stereocenters. The van der Waals surface area contributed by atoms with Crippen molar-refractivity contribution in [1.29, 1.82) is 0 Å². The zero-order chi connectivity index (χ0) is 22.9. The molecule has 168 valence electrons. The van der Waals surface area contributed by atoms with Gasteiger partial charge < -0.3 is 9.88 Å². The second-order valence-electron chi connectivity index (χ2n) is 8.00. The van der Waals surface area contributed by atoms with Crippen LogP contribution < -0.4 is 5.56 Å². The van der Waals surface area contributed by atoms with E-state index < -0.39 is 0 Å². The van der Waals surface area contributed by atoms with E-state index in [1.165, 1.54) is 4.68 Å². The van der Waals surface area contributed by atoms with Gasteiger partial charge in [-0.1, -0.05) is 52.7 Å². The summed E-state index contributed by atoms with van der Waals surface area (Å²) in [5, 5.41) is 9.11. The molecule has 2 aromatic heterocycles. The number of carbonyl (C=O) groups is 1. The minimum atomic E-state index is -0.339. The molecule has 1 aliphatic rings. The van der Waals surface area contributed by atoms with Gasteiger partial charge in [-0.25, -0.2) is 9.67 Å². The van der Waals surface area contributed by atoms with Gasteiger partial charge in [0, 0.05) is 40.2 Å². The van der Waals surface area contributed by atoms with Crippen molar-refractivity contribution in [3.8, 4) is 0 Å². The fourth-order valence-electron chi connectivity index (χ4n) is 4.14. The maximum Gasteiger partial charge on any atom is 0.281 e. The maximum absolute atomic E-state index is 12.7. The summed E-state index contributed by atoms with van der Waals surface area (Å²) >= 11 is 12.6. The van der Waals surface area contributed by atoms with E-state index in [2.05, 4.69) is 15.3 Å². The van der Waals surface area contributed by atoms with Crippen LogP contribution in [0.15, 0.2) is 53.3 Å². The Labute approximate surface area is 199 Å². The Balaban J connectivity index is 1.38. The molecule has 5 rings (SSSR count). The van der Waals surface area contributed by atoms with Crippen molar-refractivity contribution in [2.24, 2.45) is 0 Å². The first-order chi connectivity index (χ1) is 16.0. The monoisotopic (exact) mass is 482 g/mol. The average molecular weight is 483 g/mol. The Morgan fingerprint density at radius 1 is 1.03 bits per heavy atom. The van der Waals surface area contributed by atoms with E-state index in [9.17, 15) is 9.59 Å². The molecule has 1 N–H and O–H groups in total. The van der Waals surface area contributed by atoms with Gasteiger partial charge >= 0.3 is 0 Å². The lowest BCUT2D eigenvalue weighted by atomic mass is 9.95. The molecule has 2 aromatic carbocycles. The van der Waals surface area contributed by atoms with Crippen molar-refractivity contribution in [2.45, 2.75) is 25.3 Å². The van der Waals surface area contributed by atoms with Crippen LogP contribution in [0.1, 0.15) is 40.5 Å². The van der Waals surface area contributed by atoms with Gasteiger partial charge in [0.05, 0.1) is 6.54 Å². The number of hydrogen-bond acceptors (Lipinski definition) is 5. The summed E-state index contributed by atoms with van der Waals surface area (Å²) in [6.45, 7) is 1.43. The van der Waals surface area contributed by atoms with Crippen molar-refractivity contribution in [3.63, 3.8) is 0 Å². The summed E-state index contributed by atoms with van der Waals surface area (Å²) in [4.78, 5) is 34.8. The molecule has 0 unspecified atom stereocenters. The van der Waals surface area contributed by atoms with Gasteiger partial charge in [0.2, 0.25) is 0 Å². The number of piperidine rings is 1. The van der Waals surface area contributed by atoms with Crippen LogP contribution >= 0.6 is 23.2 Å². The number of nitrogens with one attached hydrogen (secondary N) is 1. The van der Waals surface area contributed by atoms with E-state index in [1.807, 2.05) is 35.2 Å². The third-order valence-corrected chi connectivity index (χ3v) is 6.66. The second-order valence-corrected chi connectivity index (χ2v) is 8.82. The molecular weight excluding hydrogens is 463 g/mol. The van der Waals surface area contributed by atoms with E-state index in [1.54, 1.807) is 18.2 Å². The number of aromatic nitrogens is 5. The largest absolute Gasteiger partial charge is 0.339 e. The van der Waals surface area contributed by atoms with Crippen molar-refractivity contribution in [3.05, 3.63) is 85.9 Å². The van der Waals surface area contributed by atoms with E-state index >= 15 is 0 Å². The summed E-state index contributed by atoms with van der Waals surface area (Å²) in [6.07, 6.45) is 1.40. The molecule has 0 radical (unpaired) electrons. The molecular formula is C23H20Cl2N6O2. The van der Waals surface area contributed by atoms with Gasteiger partial charge in [-0.2, -0.15) is 0 Å². The number of carbonyl (C=O) groups excluding carboxylic acids is 1. The Morgan fingerprint density at radius 2 is 1.73 bits per heavy atom. The minimum absolute atomic E-state index is 0.0184. The van der Waals surface area contributed by atoms with Crippen LogP contribution in [0.5, 0.6) is 0 Å². The van der Waals surface area contributed by atoms with Crippen molar-refractivity contribution < 1.29 is 4.79 Å². The van der Waals surface area contributed by atoms with Crippen LogP contribution in [-0.2, 0) is 6.54 Å². The second kappa shape index (κ2) is 8.96. The van der Waals surface area contributed by atoms with Gasteiger partial charge in [0.1, 0.15) is 5.82 Å². The summed E-state index contributed by atoms with van der Waals surface area (Å²) in [5.41, 5.74) is 1.57. The number of H-pyrrole nitrogens is 1. The van der Waals surface area contributed by atoms with Crippen LogP contribution in [-0.4, -0.2) is 48.9 Å². The molecule has 0 spiro atoms. The smallest absolute Gasteiger partial charge is 0.281 e. The average Bonchev–Trinajstić information content (AvgIpc) is 3.25. The lowest BCUT2D eigenvalue weighted by molar-refractivity contribution is 0.0711. The van der Waals surface area contributed by atoms with E-state index in [0.29, 0.717) is 58.6 Å². The highest BCUT2D eigenvalue weighted by atomic mass is 35.5. The minimum Gasteiger partial charge on any atom is -0.339 e. The zero-order valence-corrected chi connectivity index (χ0v) is 19.1. The first-order valence-electron chi connectivity index (χ1n) is 10.6. The SMILES string of the molecule is O=C(c1ccccc1)N1CCC(c2nc3c(nnn3Cc3c(Cl)cccc3Cl)c(=O)[nH]2)CC1. The number of nitrogens with zero attached hydrogens (tertiary/aromatic N) is 5. The molecule has 1 saturated heterocycles. The number of aromatic amines is 1. The van der Waals surface area contributed by atoms with E-state index in [0.717, 1.165) is 0 Å². The number of rotatable bonds is 4. The molecule has 0 saturated carbocycles. The fourth-order valence-corrected chi connectivity index (χ4v) is 4.65. The first-order valence-corrected chi connectivity index (χ1v) is 11.4. The molecule has 0 aliphatic carbocycles. The molecule has 1 amide bonds. The van der Waals surface area contributed by atoms with Crippen LogP contribution in [0.4, 0.5) is 0 Å². The van der Waals surface area contributed by atoms with Crippen molar-refractivity contribution >= 4 is 40.3 Å². The Kier molecular flexibility index (Phi) is 5.86. The number of hydrogen-bond donors (Lipinski definition) is 1. The highest BCUT2D eigenvalue weighted by molar-refractivity contribution is 6.36. The number of amides is 1. The highest BCUT2D eigenvalue weighted by Crippen LogP contribution is 2.28. The standard InChI is InChI=1S/C23H20Cl2N6O2/c24-17-7-4-8-18(25)16(17)13-31-21-19(28-29-31)22(32)27-20(26-21)14-9-11-30(12-10-14)23(33)15-5-2-1-3-6-15/h1-8,14H,9-13H2,(H,26,27,32). The quantitative estimate of drug-likeness (QED) is 0.475. The van der Waals surface area contributed by atoms with Crippen LogP contribution in [0.2, 0.25) is 10.0 Å². The van der Waals surface area contributed by atoms with Gasteiger partial charge in [-0.15, -0.1) is 5.10 Å². The molecule has 3 heterocycles. The van der Waals surface area contributed by atoms with Crippen molar-refractivity contribution in [1.82, 2.24) is 29.9 Å².